The molecule has 0 radical (unpaired) electrons. The standard InChI is InChI=1S/C25H25N5O2/c1-17-8-10-22(26-14-17)25(31)29-12-4-6-20(15-29)24-27-23-11-9-19(16-30(23)28-24)18-5-3-7-21(13-18)32-2/h3,5,7-11,13-14,16,20H,4,6,12,15H2,1-2H3/t20-/m1/s1. The Labute approximate surface area is 186 Å². The van der Waals surface area contributed by atoms with Gasteiger partial charge in [-0.1, -0.05) is 18.2 Å². The average Bonchev–Trinajstić information content (AvgIpc) is 3.28. The number of benzene rings is 1. The quantitative estimate of drug-likeness (QED) is 0.490. The van der Waals surface area contributed by atoms with Crippen LogP contribution in [0.2, 0.25) is 0 Å². The monoisotopic (exact) mass is 427 g/mol. The average molecular weight is 428 g/mol. The summed E-state index contributed by atoms with van der Waals surface area (Å²) in [5, 5.41) is 4.76. The number of pyridine rings is 2. The van der Waals surface area contributed by atoms with Crippen LogP contribution >= 0.6 is 0 Å². The zero-order valence-corrected chi connectivity index (χ0v) is 18.2. The first-order valence-electron chi connectivity index (χ1n) is 10.8. The molecule has 4 heterocycles. The summed E-state index contributed by atoms with van der Waals surface area (Å²) in [7, 11) is 1.67. The SMILES string of the molecule is COc1cccc(-c2ccc3nc([C@@H]4CCCN(C(=O)c5ccc(C)cn5)C4)nn3c2)c1. The highest BCUT2D eigenvalue weighted by Gasteiger charge is 2.28. The molecular weight excluding hydrogens is 402 g/mol. The van der Waals surface area contributed by atoms with Gasteiger partial charge in [0.15, 0.2) is 11.5 Å². The van der Waals surface area contributed by atoms with Gasteiger partial charge in [0, 0.05) is 37.0 Å². The van der Waals surface area contributed by atoms with Crippen molar-refractivity contribution in [1.29, 1.82) is 0 Å². The van der Waals surface area contributed by atoms with Crippen molar-refractivity contribution in [2.45, 2.75) is 25.7 Å². The van der Waals surface area contributed by atoms with Gasteiger partial charge in [-0.05, 0) is 61.2 Å². The van der Waals surface area contributed by atoms with Crippen molar-refractivity contribution in [3.05, 3.63) is 78.0 Å². The molecule has 1 fully saturated rings. The Bertz CT molecular complexity index is 1270. The van der Waals surface area contributed by atoms with Crippen LogP contribution in [0.5, 0.6) is 5.75 Å². The maximum absolute atomic E-state index is 12.9. The van der Waals surface area contributed by atoms with E-state index in [1.807, 2.05) is 65.0 Å². The largest absolute Gasteiger partial charge is 0.497 e. The maximum atomic E-state index is 12.9. The number of hydrogen-bond donors (Lipinski definition) is 0. The first kappa shape index (κ1) is 20.2. The van der Waals surface area contributed by atoms with Gasteiger partial charge < -0.3 is 9.64 Å². The van der Waals surface area contributed by atoms with Crippen molar-refractivity contribution < 1.29 is 9.53 Å². The third kappa shape index (κ3) is 3.93. The highest BCUT2D eigenvalue weighted by atomic mass is 16.5. The zero-order chi connectivity index (χ0) is 22.1. The molecule has 1 aliphatic rings. The molecule has 4 aromatic rings. The van der Waals surface area contributed by atoms with Crippen LogP contribution < -0.4 is 4.74 Å². The van der Waals surface area contributed by atoms with Gasteiger partial charge >= 0.3 is 0 Å². The van der Waals surface area contributed by atoms with Gasteiger partial charge in [0.25, 0.3) is 5.91 Å². The molecule has 32 heavy (non-hydrogen) atoms. The smallest absolute Gasteiger partial charge is 0.272 e. The summed E-state index contributed by atoms with van der Waals surface area (Å²) in [6.45, 7) is 3.30. The molecular formula is C25H25N5O2. The van der Waals surface area contributed by atoms with E-state index in [1.165, 1.54) is 0 Å². The Kier molecular flexibility index (Phi) is 5.31. The van der Waals surface area contributed by atoms with E-state index in [9.17, 15) is 4.79 Å². The zero-order valence-electron chi connectivity index (χ0n) is 18.2. The van der Waals surface area contributed by atoms with Crippen molar-refractivity contribution >= 4 is 11.6 Å². The van der Waals surface area contributed by atoms with E-state index in [0.717, 1.165) is 53.3 Å². The lowest BCUT2D eigenvalue weighted by molar-refractivity contribution is 0.0698. The maximum Gasteiger partial charge on any atom is 0.272 e. The molecule has 0 spiro atoms. The number of aryl methyl sites for hydroxylation is 1. The minimum Gasteiger partial charge on any atom is -0.497 e. The molecule has 1 saturated heterocycles. The molecule has 3 aromatic heterocycles. The number of piperidine rings is 1. The first-order valence-corrected chi connectivity index (χ1v) is 10.8. The molecule has 7 nitrogen and oxygen atoms in total. The molecule has 1 aliphatic heterocycles. The van der Waals surface area contributed by atoms with Crippen LogP contribution in [0.4, 0.5) is 0 Å². The van der Waals surface area contributed by atoms with Crippen LogP contribution in [0, 0.1) is 6.92 Å². The van der Waals surface area contributed by atoms with Crippen LogP contribution in [0.1, 0.15) is 40.6 Å². The van der Waals surface area contributed by atoms with Crippen LogP contribution in [0.25, 0.3) is 16.8 Å². The van der Waals surface area contributed by atoms with Gasteiger partial charge in [0.1, 0.15) is 11.4 Å². The second-order valence-electron chi connectivity index (χ2n) is 8.23. The van der Waals surface area contributed by atoms with Crippen molar-refractivity contribution in [3.63, 3.8) is 0 Å². The number of fused-ring (bicyclic) bond motifs is 1. The van der Waals surface area contributed by atoms with Gasteiger partial charge in [0.05, 0.1) is 7.11 Å². The molecule has 1 amide bonds. The van der Waals surface area contributed by atoms with E-state index in [2.05, 4.69) is 4.98 Å². The molecule has 0 bridgehead atoms. The summed E-state index contributed by atoms with van der Waals surface area (Å²) < 4.78 is 7.17. The fourth-order valence-electron chi connectivity index (χ4n) is 4.18. The molecule has 0 N–H and O–H groups in total. The van der Waals surface area contributed by atoms with Crippen molar-refractivity contribution in [3.8, 4) is 16.9 Å². The van der Waals surface area contributed by atoms with Crippen LogP contribution in [-0.4, -0.2) is 50.6 Å². The number of amides is 1. The van der Waals surface area contributed by atoms with Gasteiger partial charge in [0.2, 0.25) is 0 Å². The highest BCUT2D eigenvalue weighted by molar-refractivity contribution is 5.92. The minimum atomic E-state index is -0.0289. The summed E-state index contributed by atoms with van der Waals surface area (Å²) in [5.41, 5.74) is 4.43. The normalized spacial score (nSPS) is 16.3. The van der Waals surface area contributed by atoms with Crippen molar-refractivity contribution in [2.24, 2.45) is 0 Å². The van der Waals surface area contributed by atoms with E-state index in [1.54, 1.807) is 19.4 Å². The van der Waals surface area contributed by atoms with Crippen molar-refractivity contribution in [2.75, 3.05) is 20.2 Å². The Morgan fingerprint density at radius 3 is 2.84 bits per heavy atom. The van der Waals surface area contributed by atoms with E-state index >= 15 is 0 Å². The van der Waals surface area contributed by atoms with E-state index < -0.39 is 0 Å². The Morgan fingerprint density at radius 2 is 2.03 bits per heavy atom. The Morgan fingerprint density at radius 1 is 1.12 bits per heavy atom. The Balaban J connectivity index is 1.38. The minimum absolute atomic E-state index is 0.0289. The number of hydrogen-bond acceptors (Lipinski definition) is 5. The summed E-state index contributed by atoms with van der Waals surface area (Å²) in [4.78, 5) is 23.9. The van der Waals surface area contributed by atoms with Crippen molar-refractivity contribution in [1.82, 2.24) is 24.5 Å². The van der Waals surface area contributed by atoms with Crippen LogP contribution in [0.3, 0.4) is 0 Å². The summed E-state index contributed by atoms with van der Waals surface area (Å²) in [5.74, 6) is 1.68. The molecule has 1 atom stereocenters. The number of carbonyl (C=O) groups is 1. The number of nitrogens with zero attached hydrogens (tertiary/aromatic N) is 5. The topological polar surface area (TPSA) is 72.6 Å². The predicted molar refractivity (Wildman–Crippen MR) is 122 cm³/mol. The molecule has 1 aromatic carbocycles. The number of methoxy groups -OCH3 is 1. The fourth-order valence-corrected chi connectivity index (χ4v) is 4.18. The fraction of sp³-hybridized carbons (Fsp3) is 0.280. The lowest BCUT2D eigenvalue weighted by atomic mass is 9.97. The van der Waals surface area contributed by atoms with Gasteiger partial charge in [-0.3, -0.25) is 9.78 Å². The third-order valence-corrected chi connectivity index (χ3v) is 5.95. The number of carbonyl (C=O) groups excluding carboxylic acids is 1. The molecule has 0 aliphatic carbocycles. The van der Waals surface area contributed by atoms with Gasteiger partial charge in [-0.15, -0.1) is 0 Å². The second kappa shape index (κ2) is 8.42. The van der Waals surface area contributed by atoms with E-state index in [4.69, 9.17) is 14.8 Å². The number of rotatable bonds is 4. The highest BCUT2D eigenvalue weighted by Crippen LogP contribution is 2.28. The number of ether oxygens (including phenoxy) is 1. The van der Waals surface area contributed by atoms with Gasteiger partial charge in [-0.25, -0.2) is 9.50 Å². The van der Waals surface area contributed by atoms with Crippen LogP contribution in [0.15, 0.2) is 60.9 Å². The van der Waals surface area contributed by atoms with Crippen LogP contribution in [-0.2, 0) is 0 Å². The lowest BCUT2D eigenvalue weighted by Gasteiger charge is -2.31. The number of likely N-dealkylation sites (tertiary alicyclic amines) is 1. The Hall–Kier alpha value is -3.74. The van der Waals surface area contributed by atoms with Gasteiger partial charge in [-0.2, -0.15) is 5.10 Å². The summed E-state index contributed by atoms with van der Waals surface area (Å²) >= 11 is 0. The predicted octanol–water partition coefficient (Wildman–Crippen LogP) is 4.13. The lowest BCUT2D eigenvalue weighted by Crippen LogP contribution is -2.39. The molecule has 0 saturated carbocycles. The summed E-state index contributed by atoms with van der Waals surface area (Å²) in [6, 6.07) is 15.7. The second-order valence-corrected chi connectivity index (χ2v) is 8.23. The number of aromatic nitrogens is 4. The molecule has 162 valence electrons. The molecule has 7 heteroatoms. The first-order chi connectivity index (χ1) is 15.6. The van der Waals surface area contributed by atoms with E-state index in [0.29, 0.717) is 12.2 Å². The third-order valence-electron chi connectivity index (χ3n) is 5.95. The molecule has 0 unspecified atom stereocenters. The molecule has 5 rings (SSSR count). The summed E-state index contributed by atoms with van der Waals surface area (Å²) in [6.07, 6.45) is 5.61. The van der Waals surface area contributed by atoms with E-state index in [-0.39, 0.29) is 11.8 Å².